The fourth-order valence-electron chi connectivity index (χ4n) is 2.31. The summed E-state index contributed by atoms with van der Waals surface area (Å²) in [6.07, 6.45) is 3.20. The summed E-state index contributed by atoms with van der Waals surface area (Å²) >= 11 is 0. The SMILES string of the molecule is Nc1ncn(CC2CC3COCC3O2)n1. The predicted octanol–water partition coefficient (Wildman–Crippen LogP) is -0.336. The van der Waals surface area contributed by atoms with Crippen molar-refractivity contribution in [1.29, 1.82) is 0 Å². The molecule has 0 aliphatic carbocycles. The molecule has 3 rings (SSSR count). The molecule has 1 aromatic heterocycles. The van der Waals surface area contributed by atoms with Crippen LogP contribution >= 0.6 is 0 Å². The zero-order valence-electron chi connectivity index (χ0n) is 8.37. The summed E-state index contributed by atoms with van der Waals surface area (Å²) in [5, 5.41) is 4.04. The molecule has 2 fully saturated rings. The normalized spacial score (nSPS) is 34.5. The molecule has 2 aliphatic heterocycles. The Labute approximate surface area is 87.4 Å². The number of fused-ring (bicyclic) bond motifs is 1. The van der Waals surface area contributed by atoms with Gasteiger partial charge in [-0.2, -0.15) is 0 Å². The summed E-state index contributed by atoms with van der Waals surface area (Å²) in [6.45, 7) is 2.30. The van der Waals surface area contributed by atoms with E-state index in [2.05, 4.69) is 10.1 Å². The van der Waals surface area contributed by atoms with Crippen LogP contribution in [0.1, 0.15) is 6.42 Å². The van der Waals surface area contributed by atoms with Crippen molar-refractivity contribution in [3.05, 3.63) is 6.33 Å². The number of rotatable bonds is 2. The van der Waals surface area contributed by atoms with Crippen molar-refractivity contribution >= 4 is 5.95 Å². The Hall–Kier alpha value is -1.14. The van der Waals surface area contributed by atoms with E-state index in [0.717, 1.165) is 26.2 Å². The molecule has 0 radical (unpaired) electrons. The van der Waals surface area contributed by atoms with Crippen LogP contribution in [-0.4, -0.2) is 40.2 Å². The average Bonchev–Trinajstić information content (AvgIpc) is 2.81. The summed E-state index contributed by atoms with van der Waals surface area (Å²) in [6, 6.07) is 0. The second-order valence-corrected chi connectivity index (χ2v) is 4.15. The highest BCUT2D eigenvalue weighted by atomic mass is 16.6. The molecule has 0 spiro atoms. The number of hydrogen-bond donors (Lipinski definition) is 1. The Morgan fingerprint density at radius 3 is 3.20 bits per heavy atom. The van der Waals surface area contributed by atoms with Crippen LogP contribution in [0.3, 0.4) is 0 Å². The zero-order chi connectivity index (χ0) is 10.3. The lowest BCUT2D eigenvalue weighted by molar-refractivity contribution is 0.0110. The number of hydrogen-bond acceptors (Lipinski definition) is 5. The molecular weight excluding hydrogens is 196 g/mol. The lowest BCUT2D eigenvalue weighted by Gasteiger charge is -2.11. The van der Waals surface area contributed by atoms with E-state index in [1.165, 1.54) is 0 Å². The quantitative estimate of drug-likeness (QED) is 0.723. The maximum Gasteiger partial charge on any atom is 0.239 e. The first-order chi connectivity index (χ1) is 7.31. The summed E-state index contributed by atoms with van der Waals surface area (Å²) in [5.74, 6) is 0.882. The number of anilines is 1. The monoisotopic (exact) mass is 210 g/mol. The Balaban J connectivity index is 1.61. The topological polar surface area (TPSA) is 75.2 Å². The fraction of sp³-hybridized carbons (Fsp3) is 0.778. The lowest BCUT2D eigenvalue weighted by atomic mass is 10.0. The summed E-state index contributed by atoms with van der Waals surface area (Å²) in [7, 11) is 0. The molecule has 0 amide bonds. The van der Waals surface area contributed by atoms with Crippen molar-refractivity contribution in [2.24, 2.45) is 5.92 Å². The molecule has 3 unspecified atom stereocenters. The third kappa shape index (κ3) is 1.70. The molecule has 2 saturated heterocycles. The van der Waals surface area contributed by atoms with E-state index in [-0.39, 0.29) is 12.2 Å². The van der Waals surface area contributed by atoms with Gasteiger partial charge < -0.3 is 15.2 Å². The minimum Gasteiger partial charge on any atom is -0.378 e. The van der Waals surface area contributed by atoms with Crippen LogP contribution in [0, 0.1) is 5.92 Å². The Kier molecular flexibility index (Phi) is 2.10. The third-order valence-electron chi connectivity index (χ3n) is 3.02. The fourth-order valence-corrected chi connectivity index (χ4v) is 2.31. The highest BCUT2D eigenvalue weighted by Gasteiger charge is 2.39. The van der Waals surface area contributed by atoms with Gasteiger partial charge in [0, 0.05) is 5.92 Å². The van der Waals surface area contributed by atoms with Crippen molar-refractivity contribution in [2.45, 2.75) is 25.2 Å². The molecule has 0 saturated carbocycles. The van der Waals surface area contributed by atoms with Gasteiger partial charge in [0.2, 0.25) is 5.95 Å². The van der Waals surface area contributed by atoms with Gasteiger partial charge in [0.05, 0.1) is 32.0 Å². The van der Waals surface area contributed by atoms with Crippen LogP contribution in [0.2, 0.25) is 0 Å². The second kappa shape index (κ2) is 3.46. The number of nitrogen functional groups attached to an aromatic ring is 1. The van der Waals surface area contributed by atoms with Gasteiger partial charge in [-0.05, 0) is 6.42 Å². The smallest absolute Gasteiger partial charge is 0.239 e. The van der Waals surface area contributed by atoms with E-state index in [1.54, 1.807) is 11.0 Å². The molecular formula is C9H14N4O2. The van der Waals surface area contributed by atoms with Crippen LogP contribution in [0.15, 0.2) is 6.33 Å². The molecule has 0 aromatic carbocycles. The largest absolute Gasteiger partial charge is 0.378 e. The van der Waals surface area contributed by atoms with E-state index in [4.69, 9.17) is 15.2 Å². The van der Waals surface area contributed by atoms with Crippen molar-refractivity contribution in [3.63, 3.8) is 0 Å². The highest BCUT2D eigenvalue weighted by Crippen LogP contribution is 2.31. The van der Waals surface area contributed by atoms with Crippen molar-refractivity contribution < 1.29 is 9.47 Å². The minimum atomic E-state index is 0.227. The van der Waals surface area contributed by atoms with Gasteiger partial charge in [0.25, 0.3) is 0 Å². The molecule has 3 atom stereocenters. The molecule has 1 aromatic rings. The zero-order valence-corrected chi connectivity index (χ0v) is 8.37. The van der Waals surface area contributed by atoms with E-state index < -0.39 is 0 Å². The van der Waals surface area contributed by atoms with Crippen molar-refractivity contribution in [1.82, 2.24) is 14.8 Å². The molecule has 2 N–H and O–H groups in total. The van der Waals surface area contributed by atoms with E-state index in [0.29, 0.717) is 11.9 Å². The van der Waals surface area contributed by atoms with Crippen LogP contribution < -0.4 is 5.73 Å². The molecule has 6 heteroatoms. The van der Waals surface area contributed by atoms with E-state index >= 15 is 0 Å². The molecule has 3 heterocycles. The van der Waals surface area contributed by atoms with Gasteiger partial charge >= 0.3 is 0 Å². The molecule has 15 heavy (non-hydrogen) atoms. The molecule has 2 aliphatic rings. The predicted molar refractivity (Wildman–Crippen MR) is 52.0 cm³/mol. The van der Waals surface area contributed by atoms with Crippen molar-refractivity contribution in [3.8, 4) is 0 Å². The number of ether oxygens (including phenoxy) is 2. The van der Waals surface area contributed by atoms with Crippen molar-refractivity contribution in [2.75, 3.05) is 18.9 Å². The van der Waals surface area contributed by atoms with Crippen LogP contribution in [0.5, 0.6) is 0 Å². The second-order valence-electron chi connectivity index (χ2n) is 4.15. The van der Waals surface area contributed by atoms with Crippen LogP contribution in [-0.2, 0) is 16.0 Å². The first kappa shape index (κ1) is 9.11. The Morgan fingerprint density at radius 2 is 2.47 bits per heavy atom. The standard InChI is InChI=1S/C9H14N4O2/c10-9-11-5-13(12-9)2-7-1-6-3-14-4-8(6)15-7/h5-8H,1-4H2,(H2,10,12). The third-order valence-corrected chi connectivity index (χ3v) is 3.02. The maximum absolute atomic E-state index is 5.84. The van der Waals surface area contributed by atoms with Crippen LogP contribution in [0.25, 0.3) is 0 Å². The van der Waals surface area contributed by atoms with Gasteiger partial charge in [-0.1, -0.05) is 0 Å². The van der Waals surface area contributed by atoms with E-state index in [9.17, 15) is 0 Å². The summed E-state index contributed by atoms with van der Waals surface area (Å²) < 4.78 is 12.9. The Morgan fingerprint density at radius 1 is 1.53 bits per heavy atom. The first-order valence-electron chi connectivity index (χ1n) is 5.19. The minimum absolute atomic E-state index is 0.227. The van der Waals surface area contributed by atoms with Gasteiger partial charge in [-0.25, -0.2) is 9.67 Å². The average molecular weight is 210 g/mol. The highest BCUT2D eigenvalue weighted by molar-refractivity contribution is 5.09. The van der Waals surface area contributed by atoms with Crippen LogP contribution in [0.4, 0.5) is 5.95 Å². The molecule has 0 bridgehead atoms. The number of aromatic nitrogens is 3. The van der Waals surface area contributed by atoms with Gasteiger partial charge in [-0.15, -0.1) is 5.10 Å². The van der Waals surface area contributed by atoms with E-state index in [1.807, 2.05) is 0 Å². The summed E-state index contributed by atoms with van der Waals surface area (Å²) in [4.78, 5) is 3.88. The molecule has 6 nitrogen and oxygen atoms in total. The number of nitrogens with zero attached hydrogens (tertiary/aromatic N) is 3. The lowest BCUT2D eigenvalue weighted by Crippen LogP contribution is -2.19. The van der Waals surface area contributed by atoms with Gasteiger partial charge in [-0.3, -0.25) is 0 Å². The van der Waals surface area contributed by atoms with Gasteiger partial charge in [0.1, 0.15) is 6.33 Å². The maximum atomic E-state index is 5.84. The first-order valence-corrected chi connectivity index (χ1v) is 5.19. The van der Waals surface area contributed by atoms with Gasteiger partial charge in [0.15, 0.2) is 0 Å². The summed E-state index contributed by atoms with van der Waals surface area (Å²) in [5.41, 5.74) is 5.44. The number of nitrogens with two attached hydrogens (primary N) is 1. The molecule has 82 valence electrons. The Bertz CT molecular complexity index is 342.